The molecule has 0 atom stereocenters. The SMILES string of the molecule is CN(C)CCOc1ccc2[nH+]c(NC(=O)OC(C)(C)C)sc2c1. The van der Waals surface area contributed by atoms with E-state index in [1.54, 1.807) is 0 Å². The van der Waals surface area contributed by atoms with Crippen LogP contribution in [0.5, 0.6) is 5.75 Å². The highest BCUT2D eigenvalue weighted by molar-refractivity contribution is 7.21. The van der Waals surface area contributed by atoms with Gasteiger partial charge in [-0.3, -0.25) is 0 Å². The van der Waals surface area contributed by atoms with Crippen LogP contribution in [0.1, 0.15) is 20.8 Å². The average molecular weight is 338 g/mol. The Morgan fingerprint density at radius 1 is 1.35 bits per heavy atom. The Hall–Kier alpha value is -1.86. The molecule has 2 aromatic rings. The number of aromatic amines is 1. The van der Waals surface area contributed by atoms with Gasteiger partial charge >= 0.3 is 11.2 Å². The number of ether oxygens (including phenoxy) is 2. The van der Waals surface area contributed by atoms with E-state index in [1.165, 1.54) is 11.3 Å². The van der Waals surface area contributed by atoms with Crippen molar-refractivity contribution in [3.8, 4) is 5.75 Å². The number of benzene rings is 1. The van der Waals surface area contributed by atoms with Gasteiger partial charge in [-0.1, -0.05) is 0 Å². The van der Waals surface area contributed by atoms with Gasteiger partial charge in [-0.05, 0) is 58.3 Å². The van der Waals surface area contributed by atoms with Crippen LogP contribution in [-0.4, -0.2) is 43.8 Å². The minimum atomic E-state index is -0.520. The van der Waals surface area contributed by atoms with Crippen LogP contribution in [0.2, 0.25) is 0 Å². The number of hydrogen-bond donors (Lipinski definition) is 1. The van der Waals surface area contributed by atoms with Crippen molar-refractivity contribution in [1.82, 2.24) is 4.90 Å². The van der Waals surface area contributed by atoms with Crippen molar-refractivity contribution in [1.29, 1.82) is 0 Å². The Morgan fingerprint density at radius 3 is 2.74 bits per heavy atom. The monoisotopic (exact) mass is 338 g/mol. The second kappa shape index (κ2) is 7.14. The fourth-order valence-electron chi connectivity index (χ4n) is 1.84. The van der Waals surface area contributed by atoms with Gasteiger partial charge in [0.2, 0.25) is 0 Å². The van der Waals surface area contributed by atoms with Gasteiger partial charge in [0, 0.05) is 12.6 Å². The second-order valence-corrected chi connectivity index (χ2v) is 7.54. The van der Waals surface area contributed by atoms with E-state index in [4.69, 9.17) is 9.47 Å². The summed E-state index contributed by atoms with van der Waals surface area (Å²) in [5, 5.41) is 3.36. The number of H-pyrrole nitrogens is 1. The summed E-state index contributed by atoms with van der Waals surface area (Å²) in [7, 11) is 4.02. The Kier molecular flexibility index (Phi) is 5.43. The van der Waals surface area contributed by atoms with Crippen LogP contribution in [0.15, 0.2) is 18.2 Å². The minimum Gasteiger partial charge on any atom is -0.492 e. The zero-order valence-electron chi connectivity index (χ0n) is 14.2. The number of amides is 1. The minimum absolute atomic E-state index is 0.470. The maximum absolute atomic E-state index is 11.8. The highest BCUT2D eigenvalue weighted by Crippen LogP contribution is 2.26. The molecule has 0 bridgehead atoms. The molecule has 0 fully saturated rings. The second-order valence-electron chi connectivity index (χ2n) is 6.49. The number of thiazole rings is 1. The predicted octanol–water partition coefficient (Wildman–Crippen LogP) is 3.00. The summed E-state index contributed by atoms with van der Waals surface area (Å²) < 4.78 is 12.0. The zero-order chi connectivity index (χ0) is 17.0. The third kappa shape index (κ3) is 5.69. The number of carbonyl (C=O) groups excluding carboxylic acids is 1. The molecule has 2 N–H and O–H groups in total. The molecule has 0 aliphatic rings. The molecule has 0 aliphatic heterocycles. The zero-order valence-corrected chi connectivity index (χ0v) is 15.0. The fourth-order valence-corrected chi connectivity index (χ4v) is 2.76. The lowest BCUT2D eigenvalue weighted by Crippen LogP contribution is -2.28. The number of nitrogens with one attached hydrogen (secondary N) is 2. The highest BCUT2D eigenvalue weighted by atomic mass is 32.1. The fraction of sp³-hybridized carbons (Fsp3) is 0.500. The van der Waals surface area contributed by atoms with E-state index in [0.29, 0.717) is 11.7 Å². The molecule has 0 unspecified atom stereocenters. The van der Waals surface area contributed by atoms with Crippen LogP contribution < -0.4 is 15.0 Å². The lowest BCUT2D eigenvalue weighted by atomic mass is 10.2. The molecule has 1 aromatic heterocycles. The first-order valence-corrected chi connectivity index (χ1v) is 8.28. The Bertz CT molecular complexity index is 677. The van der Waals surface area contributed by atoms with Gasteiger partial charge in [-0.15, -0.1) is 0 Å². The molecule has 0 radical (unpaired) electrons. The smallest absolute Gasteiger partial charge is 0.492 e. The molecule has 7 heteroatoms. The average Bonchev–Trinajstić information content (AvgIpc) is 2.77. The van der Waals surface area contributed by atoms with Crippen LogP contribution in [0.25, 0.3) is 10.2 Å². The Morgan fingerprint density at radius 2 is 2.09 bits per heavy atom. The Balaban J connectivity index is 2.02. The summed E-state index contributed by atoms with van der Waals surface area (Å²) in [4.78, 5) is 17.0. The van der Waals surface area contributed by atoms with Crippen LogP contribution >= 0.6 is 11.3 Å². The number of rotatable bonds is 5. The molecule has 1 amide bonds. The molecule has 126 valence electrons. The summed E-state index contributed by atoms with van der Waals surface area (Å²) in [6.45, 7) is 6.99. The molecular formula is C16H24N3O3S+. The van der Waals surface area contributed by atoms with Gasteiger partial charge < -0.3 is 14.4 Å². The molecule has 0 saturated heterocycles. The lowest BCUT2D eigenvalue weighted by Gasteiger charge is -2.16. The number of likely N-dealkylation sites (N-methyl/N-ethyl adjacent to an activating group) is 1. The maximum Gasteiger partial charge on any atom is 0.506 e. The van der Waals surface area contributed by atoms with Crippen molar-refractivity contribution in [2.45, 2.75) is 26.4 Å². The number of nitrogens with zero attached hydrogens (tertiary/aromatic N) is 1. The van der Waals surface area contributed by atoms with Crippen LogP contribution in [-0.2, 0) is 4.74 Å². The summed E-state index contributed by atoms with van der Waals surface area (Å²) >= 11 is 1.45. The van der Waals surface area contributed by atoms with Crippen molar-refractivity contribution in [3.05, 3.63) is 18.2 Å². The first-order valence-electron chi connectivity index (χ1n) is 7.46. The third-order valence-corrected chi connectivity index (χ3v) is 3.80. The van der Waals surface area contributed by atoms with E-state index in [1.807, 2.05) is 53.1 Å². The van der Waals surface area contributed by atoms with Gasteiger partial charge in [-0.25, -0.2) is 4.98 Å². The van der Waals surface area contributed by atoms with E-state index in [0.717, 1.165) is 22.5 Å². The summed E-state index contributed by atoms with van der Waals surface area (Å²) in [5.74, 6) is 0.818. The van der Waals surface area contributed by atoms with E-state index in [9.17, 15) is 4.79 Å². The Labute approximate surface area is 140 Å². The molecule has 0 aliphatic carbocycles. The predicted molar refractivity (Wildman–Crippen MR) is 92.3 cm³/mol. The number of hydrogen-bond acceptors (Lipinski definition) is 5. The first-order chi connectivity index (χ1) is 10.7. The highest BCUT2D eigenvalue weighted by Gasteiger charge is 2.22. The van der Waals surface area contributed by atoms with Gasteiger partial charge in [-0.2, -0.15) is 10.1 Å². The first kappa shape index (κ1) is 17.5. The van der Waals surface area contributed by atoms with Gasteiger partial charge in [0.05, 0.1) is 4.70 Å². The summed E-state index contributed by atoms with van der Waals surface area (Å²) in [5.41, 5.74) is 0.426. The topological polar surface area (TPSA) is 64.9 Å². The molecule has 1 aromatic carbocycles. The quantitative estimate of drug-likeness (QED) is 0.910. The van der Waals surface area contributed by atoms with E-state index < -0.39 is 11.7 Å². The van der Waals surface area contributed by atoms with E-state index in [2.05, 4.69) is 15.2 Å². The van der Waals surface area contributed by atoms with Crippen LogP contribution in [0, 0.1) is 0 Å². The van der Waals surface area contributed by atoms with Crippen molar-refractivity contribution in [2.75, 3.05) is 32.6 Å². The van der Waals surface area contributed by atoms with Gasteiger partial charge in [0.15, 0.2) is 0 Å². The number of aromatic nitrogens is 1. The van der Waals surface area contributed by atoms with Crippen LogP contribution in [0.4, 0.5) is 9.93 Å². The molecule has 0 spiro atoms. The largest absolute Gasteiger partial charge is 0.506 e. The molecule has 0 saturated carbocycles. The summed E-state index contributed by atoms with van der Waals surface area (Å²) in [6, 6.07) is 5.82. The van der Waals surface area contributed by atoms with Crippen molar-refractivity contribution in [3.63, 3.8) is 0 Å². The van der Waals surface area contributed by atoms with Crippen molar-refractivity contribution < 1.29 is 19.3 Å². The molecule has 1 heterocycles. The molecule has 6 nitrogen and oxygen atoms in total. The molecule has 23 heavy (non-hydrogen) atoms. The van der Waals surface area contributed by atoms with Crippen molar-refractivity contribution in [2.24, 2.45) is 0 Å². The summed E-state index contributed by atoms with van der Waals surface area (Å²) in [6.07, 6.45) is -0.470. The normalized spacial score (nSPS) is 11.7. The number of carbonyl (C=O) groups is 1. The van der Waals surface area contributed by atoms with Gasteiger partial charge in [0.1, 0.15) is 23.5 Å². The number of anilines is 1. The van der Waals surface area contributed by atoms with Crippen LogP contribution in [0.3, 0.4) is 0 Å². The van der Waals surface area contributed by atoms with E-state index >= 15 is 0 Å². The molecule has 2 rings (SSSR count). The van der Waals surface area contributed by atoms with Crippen molar-refractivity contribution >= 4 is 32.8 Å². The maximum atomic E-state index is 11.8. The van der Waals surface area contributed by atoms with E-state index in [-0.39, 0.29) is 0 Å². The lowest BCUT2D eigenvalue weighted by molar-refractivity contribution is -0.321. The number of fused-ring (bicyclic) bond motifs is 1. The van der Waals surface area contributed by atoms with Gasteiger partial charge in [0.25, 0.3) is 0 Å². The standard InChI is InChI=1S/C16H23N3O3S/c1-16(2,3)22-15(20)18-14-17-12-7-6-11(10-13(12)23-14)21-9-8-19(4)5/h6-7,10H,8-9H2,1-5H3,(H,17,18,20)/p+1. The molecular weight excluding hydrogens is 314 g/mol. The third-order valence-electron chi connectivity index (χ3n) is 2.84.